The molecule has 21 heavy (non-hydrogen) atoms. The van der Waals surface area contributed by atoms with Gasteiger partial charge in [0, 0.05) is 25.2 Å². The number of aromatic nitrogens is 4. The van der Waals surface area contributed by atoms with Crippen molar-refractivity contribution in [2.45, 2.75) is 6.92 Å². The Labute approximate surface area is 123 Å². The Morgan fingerprint density at radius 3 is 2.48 bits per heavy atom. The average Bonchev–Trinajstić information content (AvgIpc) is 2.94. The molecule has 0 radical (unpaired) electrons. The molecule has 5 nitrogen and oxygen atoms in total. The molecule has 0 aliphatic carbocycles. The topological polar surface area (TPSA) is 55.6 Å². The van der Waals surface area contributed by atoms with Crippen LogP contribution in [0.1, 0.15) is 5.56 Å². The van der Waals surface area contributed by atoms with Crippen LogP contribution in [-0.2, 0) is 7.05 Å². The van der Waals surface area contributed by atoms with Crippen LogP contribution in [0.3, 0.4) is 0 Å². The fourth-order valence-electron chi connectivity index (χ4n) is 2.32. The first-order valence-electron chi connectivity index (χ1n) is 6.79. The van der Waals surface area contributed by atoms with Gasteiger partial charge in [-0.15, -0.1) is 0 Å². The van der Waals surface area contributed by atoms with Crippen LogP contribution >= 0.6 is 0 Å². The summed E-state index contributed by atoms with van der Waals surface area (Å²) in [6.07, 6.45) is 3.53. The third-order valence-corrected chi connectivity index (χ3v) is 3.48. The van der Waals surface area contributed by atoms with Gasteiger partial charge in [-0.25, -0.2) is 15.0 Å². The summed E-state index contributed by atoms with van der Waals surface area (Å²) >= 11 is 0. The van der Waals surface area contributed by atoms with Gasteiger partial charge in [0.05, 0.1) is 18.2 Å². The number of nitrogens with zero attached hydrogens (tertiary/aromatic N) is 4. The molecule has 0 spiro atoms. The van der Waals surface area contributed by atoms with Gasteiger partial charge in [-0.1, -0.05) is 30.3 Å². The third-order valence-electron chi connectivity index (χ3n) is 3.48. The normalized spacial score (nSPS) is 10.6. The lowest BCUT2D eigenvalue weighted by Crippen LogP contribution is -2.04. The predicted octanol–water partition coefficient (Wildman–Crippen LogP) is 2.89. The molecule has 2 heterocycles. The van der Waals surface area contributed by atoms with Crippen LogP contribution in [0.25, 0.3) is 22.8 Å². The molecule has 0 atom stereocenters. The minimum Gasteiger partial charge on any atom is -0.373 e. The van der Waals surface area contributed by atoms with Crippen LogP contribution in [-0.4, -0.2) is 26.6 Å². The van der Waals surface area contributed by atoms with Crippen molar-refractivity contribution in [2.24, 2.45) is 7.05 Å². The van der Waals surface area contributed by atoms with Crippen molar-refractivity contribution < 1.29 is 0 Å². The summed E-state index contributed by atoms with van der Waals surface area (Å²) in [5, 5.41) is 3.15. The van der Waals surface area contributed by atoms with Crippen LogP contribution in [0.4, 0.5) is 5.82 Å². The number of anilines is 1. The van der Waals surface area contributed by atoms with Gasteiger partial charge >= 0.3 is 0 Å². The summed E-state index contributed by atoms with van der Waals surface area (Å²) in [6, 6.07) is 10.1. The van der Waals surface area contributed by atoms with Crippen molar-refractivity contribution in [2.75, 3.05) is 12.4 Å². The zero-order valence-electron chi connectivity index (χ0n) is 12.3. The maximum atomic E-state index is 4.74. The Bertz CT molecular complexity index is 762. The van der Waals surface area contributed by atoms with Gasteiger partial charge in [-0.3, -0.25) is 0 Å². The number of aryl methyl sites for hydroxylation is 1. The van der Waals surface area contributed by atoms with E-state index >= 15 is 0 Å². The van der Waals surface area contributed by atoms with Gasteiger partial charge in [0.1, 0.15) is 11.5 Å². The number of nitrogens with one attached hydrogen (secondary N) is 1. The van der Waals surface area contributed by atoms with E-state index in [1.54, 1.807) is 12.5 Å². The molecule has 0 amide bonds. The highest BCUT2D eigenvalue weighted by Gasteiger charge is 2.14. The molecule has 0 aliphatic rings. The van der Waals surface area contributed by atoms with Gasteiger partial charge in [0.2, 0.25) is 0 Å². The van der Waals surface area contributed by atoms with Crippen molar-refractivity contribution in [1.29, 1.82) is 0 Å². The second kappa shape index (κ2) is 5.36. The Hall–Kier alpha value is -2.69. The molecule has 0 saturated heterocycles. The lowest BCUT2D eigenvalue weighted by molar-refractivity contribution is 0.908. The van der Waals surface area contributed by atoms with E-state index in [1.165, 1.54) is 0 Å². The lowest BCUT2D eigenvalue weighted by Gasteiger charge is -2.12. The molecule has 1 aromatic carbocycles. The highest BCUT2D eigenvalue weighted by atomic mass is 15.1. The Balaban J connectivity index is 2.23. The lowest BCUT2D eigenvalue weighted by atomic mass is 10.1. The van der Waals surface area contributed by atoms with Crippen molar-refractivity contribution >= 4 is 5.82 Å². The fourth-order valence-corrected chi connectivity index (χ4v) is 2.32. The molecule has 5 heteroatoms. The fraction of sp³-hybridized carbons (Fsp3) is 0.188. The Morgan fingerprint density at radius 1 is 1.10 bits per heavy atom. The Kier molecular flexibility index (Phi) is 3.39. The predicted molar refractivity (Wildman–Crippen MR) is 84.0 cm³/mol. The van der Waals surface area contributed by atoms with Crippen LogP contribution < -0.4 is 5.32 Å². The summed E-state index contributed by atoms with van der Waals surface area (Å²) in [6.45, 7) is 2.03. The van der Waals surface area contributed by atoms with Gasteiger partial charge in [0.25, 0.3) is 0 Å². The quantitative estimate of drug-likeness (QED) is 0.801. The SMILES string of the molecule is CNc1nc(-c2cncn2C)nc(-c2ccccc2)c1C. The molecular weight excluding hydrogens is 262 g/mol. The first-order valence-corrected chi connectivity index (χ1v) is 6.79. The van der Waals surface area contributed by atoms with Crippen molar-refractivity contribution in [3.63, 3.8) is 0 Å². The van der Waals surface area contributed by atoms with Gasteiger partial charge in [-0.2, -0.15) is 0 Å². The molecule has 3 aromatic rings. The van der Waals surface area contributed by atoms with E-state index in [2.05, 4.69) is 27.4 Å². The second-order valence-electron chi connectivity index (χ2n) is 4.88. The van der Waals surface area contributed by atoms with E-state index in [0.717, 1.165) is 28.3 Å². The van der Waals surface area contributed by atoms with Crippen molar-refractivity contribution in [3.8, 4) is 22.8 Å². The molecule has 3 rings (SSSR count). The first-order chi connectivity index (χ1) is 10.2. The molecule has 0 unspecified atom stereocenters. The van der Waals surface area contributed by atoms with Crippen molar-refractivity contribution in [3.05, 3.63) is 48.4 Å². The van der Waals surface area contributed by atoms with Crippen molar-refractivity contribution in [1.82, 2.24) is 19.5 Å². The monoisotopic (exact) mass is 279 g/mol. The summed E-state index contributed by atoms with van der Waals surface area (Å²) in [5.74, 6) is 1.50. The zero-order valence-corrected chi connectivity index (χ0v) is 12.3. The number of imidazole rings is 1. The van der Waals surface area contributed by atoms with E-state index in [9.17, 15) is 0 Å². The van der Waals surface area contributed by atoms with E-state index in [4.69, 9.17) is 4.98 Å². The molecule has 106 valence electrons. The minimum atomic E-state index is 0.670. The summed E-state index contributed by atoms with van der Waals surface area (Å²) in [5.41, 5.74) is 3.95. The van der Waals surface area contributed by atoms with Gasteiger partial charge < -0.3 is 9.88 Å². The maximum absolute atomic E-state index is 4.74. The molecule has 0 aliphatic heterocycles. The minimum absolute atomic E-state index is 0.670. The maximum Gasteiger partial charge on any atom is 0.180 e. The largest absolute Gasteiger partial charge is 0.373 e. The smallest absolute Gasteiger partial charge is 0.180 e. The van der Waals surface area contributed by atoms with Gasteiger partial charge in [-0.05, 0) is 6.92 Å². The molecule has 1 N–H and O–H groups in total. The highest BCUT2D eigenvalue weighted by molar-refractivity contribution is 5.71. The Morgan fingerprint density at radius 2 is 1.86 bits per heavy atom. The van der Waals surface area contributed by atoms with Crippen LogP contribution in [0, 0.1) is 6.92 Å². The summed E-state index contributed by atoms with van der Waals surface area (Å²) in [4.78, 5) is 13.5. The van der Waals surface area contributed by atoms with E-state index < -0.39 is 0 Å². The number of benzene rings is 1. The number of rotatable bonds is 3. The van der Waals surface area contributed by atoms with Crippen LogP contribution in [0.2, 0.25) is 0 Å². The average molecular weight is 279 g/mol. The third kappa shape index (κ3) is 2.38. The van der Waals surface area contributed by atoms with Crippen LogP contribution in [0.5, 0.6) is 0 Å². The number of hydrogen-bond acceptors (Lipinski definition) is 4. The zero-order chi connectivity index (χ0) is 14.8. The highest BCUT2D eigenvalue weighted by Crippen LogP contribution is 2.28. The number of hydrogen-bond donors (Lipinski definition) is 1. The van der Waals surface area contributed by atoms with E-state index in [1.807, 2.05) is 43.8 Å². The van der Waals surface area contributed by atoms with E-state index in [-0.39, 0.29) is 0 Å². The molecule has 2 aromatic heterocycles. The van der Waals surface area contributed by atoms with E-state index in [0.29, 0.717) is 5.82 Å². The van der Waals surface area contributed by atoms with Gasteiger partial charge in [0.15, 0.2) is 5.82 Å². The molecule has 0 fully saturated rings. The molecule has 0 saturated carbocycles. The molecular formula is C16H17N5. The van der Waals surface area contributed by atoms with Crippen LogP contribution in [0.15, 0.2) is 42.9 Å². The molecule has 0 bridgehead atoms. The second-order valence-corrected chi connectivity index (χ2v) is 4.88. The first kappa shape index (κ1) is 13.3. The standard InChI is InChI=1S/C16H17N5/c1-11-14(12-7-5-4-6-8-12)19-16(20-15(11)17-2)13-9-18-10-21(13)3/h4-10H,1-3H3,(H,17,19,20). The summed E-state index contributed by atoms with van der Waals surface area (Å²) in [7, 11) is 3.81. The summed E-state index contributed by atoms with van der Waals surface area (Å²) < 4.78 is 1.92.